The molecular formula is C9H15NOS. The molecule has 0 radical (unpaired) electrons. The van der Waals surface area contributed by atoms with Gasteiger partial charge in [-0.15, -0.1) is 11.3 Å². The van der Waals surface area contributed by atoms with E-state index in [9.17, 15) is 5.11 Å². The Labute approximate surface area is 77.0 Å². The molecule has 0 saturated carbocycles. The molecule has 1 aromatic rings. The van der Waals surface area contributed by atoms with Gasteiger partial charge in [-0.1, -0.05) is 0 Å². The van der Waals surface area contributed by atoms with Crippen molar-refractivity contribution in [1.82, 2.24) is 0 Å². The van der Waals surface area contributed by atoms with Crippen LogP contribution in [0.4, 0.5) is 0 Å². The Kier molecular flexibility index (Phi) is 2.56. The highest BCUT2D eigenvalue weighted by molar-refractivity contribution is 7.10. The molecular weight excluding hydrogens is 170 g/mol. The first-order chi connectivity index (χ1) is 5.46. The van der Waals surface area contributed by atoms with Crippen molar-refractivity contribution in [3.8, 4) is 0 Å². The van der Waals surface area contributed by atoms with Gasteiger partial charge in [0.2, 0.25) is 0 Å². The summed E-state index contributed by atoms with van der Waals surface area (Å²) >= 11 is 1.55. The number of hydrogen-bond acceptors (Lipinski definition) is 3. The van der Waals surface area contributed by atoms with Crippen LogP contribution in [0, 0.1) is 6.92 Å². The molecule has 0 aliphatic rings. The largest absolute Gasteiger partial charge is 0.383 e. The van der Waals surface area contributed by atoms with E-state index in [4.69, 9.17) is 5.73 Å². The number of rotatable bonds is 2. The fourth-order valence-corrected chi connectivity index (χ4v) is 2.18. The summed E-state index contributed by atoms with van der Waals surface area (Å²) in [5.41, 5.74) is 5.91. The van der Waals surface area contributed by atoms with E-state index in [0.717, 1.165) is 10.4 Å². The fraction of sp³-hybridized carbons (Fsp3) is 0.556. The van der Waals surface area contributed by atoms with E-state index < -0.39 is 5.60 Å². The van der Waals surface area contributed by atoms with Crippen molar-refractivity contribution >= 4 is 11.3 Å². The third kappa shape index (κ3) is 1.53. The first-order valence-corrected chi connectivity index (χ1v) is 4.86. The fourth-order valence-electron chi connectivity index (χ4n) is 1.10. The van der Waals surface area contributed by atoms with Crippen LogP contribution in [0.2, 0.25) is 0 Å². The molecule has 0 amide bonds. The molecule has 0 saturated heterocycles. The normalized spacial score (nSPS) is 18.8. The number of hydrogen-bond donors (Lipinski definition) is 2. The van der Waals surface area contributed by atoms with Gasteiger partial charge in [0, 0.05) is 10.9 Å². The van der Waals surface area contributed by atoms with E-state index in [1.807, 2.05) is 25.3 Å². The van der Waals surface area contributed by atoms with Gasteiger partial charge in [0.1, 0.15) is 5.60 Å². The van der Waals surface area contributed by atoms with Crippen molar-refractivity contribution in [2.75, 3.05) is 0 Å². The minimum absolute atomic E-state index is 0.241. The maximum absolute atomic E-state index is 10.0. The standard InChI is InChI=1S/C9H15NOS/c1-6-4-5-12-8(6)9(3,11)7(2)10/h4-5,7,11H,10H2,1-3H3. The average Bonchev–Trinajstić information content (AvgIpc) is 2.35. The highest BCUT2D eigenvalue weighted by Crippen LogP contribution is 2.30. The minimum Gasteiger partial charge on any atom is -0.383 e. The summed E-state index contributed by atoms with van der Waals surface area (Å²) in [6, 6.07) is 1.76. The quantitative estimate of drug-likeness (QED) is 0.735. The van der Waals surface area contributed by atoms with Crippen molar-refractivity contribution in [2.45, 2.75) is 32.4 Å². The molecule has 0 aliphatic heterocycles. The molecule has 0 spiro atoms. The lowest BCUT2D eigenvalue weighted by Gasteiger charge is -2.27. The second-order valence-electron chi connectivity index (χ2n) is 3.37. The summed E-state index contributed by atoms with van der Waals surface area (Å²) in [6.45, 7) is 5.57. The molecule has 3 heteroatoms. The van der Waals surface area contributed by atoms with Crippen LogP contribution in [0.1, 0.15) is 24.3 Å². The molecule has 0 bridgehead atoms. The highest BCUT2D eigenvalue weighted by Gasteiger charge is 2.30. The third-order valence-corrected chi connectivity index (χ3v) is 3.45. The van der Waals surface area contributed by atoms with Crippen molar-refractivity contribution in [1.29, 1.82) is 0 Å². The van der Waals surface area contributed by atoms with Gasteiger partial charge in [-0.05, 0) is 37.8 Å². The summed E-state index contributed by atoms with van der Waals surface area (Å²) < 4.78 is 0. The predicted octanol–water partition coefficient (Wildman–Crippen LogP) is 1.61. The van der Waals surface area contributed by atoms with Crippen LogP contribution >= 0.6 is 11.3 Å². The van der Waals surface area contributed by atoms with Crippen molar-refractivity contribution in [2.24, 2.45) is 5.73 Å². The van der Waals surface area contributed by atoms with E-state index in [1.54, 1.807) is 18.3 Å². The Hall–Kier alpha value is -0.380. The smallest absolute Gasteiger partial charge is 0.111 e. The number of nitrogens with two attached hydrogens (primary N) is 1. The third-order valence-electron chi connectivity index (χ3n) is 2.21. The summed E-state index contributed by atoms with van der Waals surface area (Å²) in [7, 11) is 0. The van der Waals surface area contributed by atoms with Crippen LogP contribution in [0.15, 0.2) is 11.4 Å². The Morgan fingerprint density at radius 3 is 2.58 bits per heavy atom. The van der Waals surface area contributed by atoms with E-state index in [2.05, 4.69) is 0 Å². The van der Waals surface area contributed by atoms with Gasteiger partial charge in [0.15, 0.2) is 0 Å². The SMILES string of the molecule is Cc1ccsc1C(C)(O)C(C)N. The van der Waals surface area contributed by atoms with Gasteiger partial charge < -0.3 is 10.8 Å². The first kappa shape index (κ1) is 9.71. The Morgan fingerprint density at radius 2 is 2.25 bits per heavy atom. The second-order valence-corrected chi connectivity index (χ2v) is 4.29. The molecule has 2 unspecified atom stereocenters. The lowest BCUT2D eigenvalue weighted by atomic mass is 9.94. The van der Waals surface area contributed by atoms with Crippen LogP contribution in [0.25, 0.3) is 0 Å². The topological polar surface area (TPSA) is 46.2 Å². The van der Waals surface area contributed by atoms with Crippen molar-refractivity contribution in [3.05, 3.63) is 21.9 Å². The molecule has 1 heterocycles. The van der Waals surface area contributed by atoms with E-state index in [0.29, 0.717) is 0 Å². The lowest BCUT2D eigenvalue weighted by molar-refractivity contribution is 0.0381. The number of thiophene rings is 1. The highest BCUT2D eigenvalue weighted by atomic mass is 32.1. The van der Waals surface area contributed by atoms with Crippen LogP contribution < -0.4 is 5.73 Å². The van der Waals surface area contributed by atoms with Gasteiger partial charge in [-0.2, -0.15) is 0 Å². The van der Waals surface area contributed by atoms with Gasteiger partial charge in [-0.3, -0.25) is 0 Å². The van der Waals surface area contributed by atoms with Gasteiger partial charge in [0.05, 0.1) is 0 Å². The predicted molar refractivity (Wildman–Crippen MR) is 52.3 cm³/mol. The number of aliphatic hydroxyl groups is 1. The number of aryl methyl sites for hydroxylation is 1. The summed E-state index contributed by atoms with van der Waals surface area (Å²) in [4.78, 5) is 0.970. The van der Waals surface area contributed by atoms with Gasteiger partial charge in [0.25, 0.3) is 0 Å². The Bertz CT molecular complexity index is 265. The molecule has 2 nitrogen and oxygen atoms in total. The van der Waals surface area contributed by atoms with Crippen LogP contribution in [0.3, 0.4) is 0 Å². The van der Waals surface area contributed by atoms with Crippen LogP contribution in [0.5, 0.6) is 0 Å². The van der Waals surface area contributed by atoms with E-state index in [-0.39, 0.29) is 6.04 Å². The summed E-state index contributed by atoms with van der Waals surface area (Å²) in [6.07, 6.45) is 0. The Balaban J connectivity index is 3.05. The van der Waals surface area contributed by atoms with Gasteiger partial charge in [-0.25, -0.2) is 0 Å². The molecule has 12 heavy (non-hydrogen) atoms. The molecule has 0 aromatic carbocycles. The van der Waals surface area contributed by atoms with Crippen LogP contribution in [-0.2, 0) is 5.60 Å². The van der Waals surface area contributed by atoms with E-state index in [1.165, 1.54) is 0 Å². The molecule has 2 atom stereocenters. The molecule has 68 valence electrons. The maximum Gasteiger partial charge on any atom is 0.111 e. The van der Waals surface area contributed by atoms with Crippen molar-refractivity contribution in [3.63, 3.8) is 0 Å². The monoisotopic (exact) mass is 185 g/mol. The summed E-state index contributed by atoms with van der Waals surface area (Å²) in [5.74, 6) is 0. The zero-order chi connectivity index (χ0) is 9.35. The van der Waals surface area contributed by atoms with Crippen LogP contribution in [-0.4, -0.2) is 11.1 Å². The average molecular weight is 185 g/mol. The lowest BCUT2D eigenvalue weighted by Crippen LogP contribution is -2.40. The maximum atomic E-state index is 10.0. The first-order valence-electron chi connectivity index (χ1n) is 3.98. The molecule has 3 N–H and O–H groups in total. The zero-order valence-electron chi connectivity index (χ0n) is 7.66. The molecule has 0 aliphatic carbocycles. The Morgan fingerprint density at radius 1 is 1.67 bits per heavy atom. The van der Waals surface area contributed by atoms with Crippen molar-refractivity contribution < 1.29 is 5.11 Å². The summed E-state index contributed by atoms with van der Waals surface area (Å²) in [5, 5.41) is 12.0. The molecule has 1 aromatic heterocycles. The van der Waals surface area contributed by atoms with E-state index >= 15 is 0 Å². The minimum atomic E-state index is -0.891. The van der Waals surface area contributed by atoms with Gasteiger partial charge >= 0.3 is 0 Å². The molecule has 0 fully saturated rings. The zero-order valence-corrected chi connectivity index (χ0v) is 8.48. The molecule has 1 rings (SSSR count). The second kappa shape index (κ2) is 3.17.